The van der Waals surface area contributed by atoms with E-state index in [4.69, 9.17) is 33.7 Å². The van der Waals surface area contributed by atoms with Crippen molar-refractivity contribution in [3.8, 4) is 33.8 Å². The number of nitrogens with zero attached hydrogens (tertiary/aromatic N) is 6. The van der Waals surface area contributed by atoms with Crippen molar-refractivity contribution in [1.29, 1.82) is 0 Å². The first-order valence-electron chi connectivity index (χ1n) is 28.6. The lowest BCUT2D eigenvalue weighted by Gasteiger charge is -2.35. The van der Waals surface area contributed by atoms with E-state index in [0.29, 0.717) is 95.1 Å². The summed E-state index contributed by atoms with van der Waals surface area (Å²) in [6.45, 7) is 14.2. The van der Waals surface area contributed by atoms with E-state index in [2.05, 4.69) is 29.2 Å². The number of carbonyl (C=O) groups is 3. The van der Waals surface area contributed by atoms with Crippen LogP contribution < -0.4 is 20.5 Å². The molecule has 0 unspecified atom stereocenters. The predicted molar refractivity (Wildman–Crippen MR) is 326 cm³/mol. The Labute approximate surface area is 510 Å². The first kappa shape index (κ1) is 63.7. The van der Waals surface area contributed by atoms with Crippen molar-refractivity contribution in [3.63, 3.8) is 0 Å². The Morgan fingerprint density at radius 2 is 0.943 bits per heavy atom. The average Bonchev–Trinajstić information content (AvgIpc) is 2.56. The number of benzene rings is 6. The number of fused-ring (bicyclic) bond motifs is 2. The standard InChI is InChI=1S/C35H38ClF3N4O4.C30H30ClF3N4O2/c1-34(2,3)47-33(45)40-15-6-16-43-23-29(24-9-12-27(13-10-24)46-35(37,38)39)28-21-25(11-14-31(28)43)32(44)42-19-17-41(18-20-42)22-26-7-4-5-8-30(26)36;31-27-5-2-1-4-23(27)19-36-14-16-37(17-15-36)29(39)22-8-11-28-25(18-22)26(20-38(28)13-3-12-35)21-6-9-24(10-7-21)40-30(32,33)34/h4-5,7-14,21,23H,6,15-20,22H2,1-3H3,(H,40,45);1-2,4-11,18,20H,3,12-17,19,35H2. The van der Waals surface area contributed by atoms with Gasteiger partial charge in [-0.05, 0) is 135 Å². The highest BCUT2D eigenvalue weighted by Gasteiger charge is 2.33. The maximum atomic E-state index is 13.7. The highest BCUT2D eigenvalue weighted by Crippen LogP contribution is 2.36. The molecule has 0 atom stereocenters. The van der Waals surface area contributed by atoms with Crippen molar-refractivity contribution in [1.82, 2.24) is 34.1 Å². The van der Waals surface area contributed by atoms with Crippen LogP contribution in [0.25, 0.3) is 44.1 Å². The molecule has 460 valence electrons. The molecule has 87 heavy (non-hydrogen) atoms. The molecule has 2 fully saturated rings. The van der Waals surface area contributed by atoms with Gasteiger partial charge < -0.3 is 44.2 Å². The highest BCUT2D eigenvalue weighted by molar-refractivity contribution is 6.31. The molecule has 2 aliphatic rings. The molecule has 2 aliphatic heterocycles. The van der Waals surface area contributed by atoms with Gasteiger partial charge in [-0.1, -0.05) is 83.9 Å². The topological polar surface area (TPSA) is 140 Å². The Balaban J connectivity index is 0.000000210. The molecule has 14 nitrogen and oxygen atoms in total. The van der Waals surface area contributed by atoms with Crippen LogP contribution in [0.15, 0.2) is 146 Å². The van der Waals surface area contributed by atoms with Crippen molar-refractivity contribution in [2.75, 3.05) is 65.4 Å². The van der Waals surface area contributed by atoms with Crippen LogP contribution in [0.3, 0.4) is 0 Å². The molecule has 2 saturated heterocycles. The van der Waals surface area contributed by atoms with Gasteiger partial charge in [-0.3, -0.25) is 19.4 Å². The summed E-state index contributed by atoms with van der Waals surface area (Å²) in [4.78, 5) is 47.5. The van der Waals surface area contributed by atoms with Crippen LogP contribution in [0.1, 0.15) is 65.5 Å². The summed E-state index contributed by atoms with van der Waals surface area (Å²) in [7, 11) is 0. The number of piperazine rings is 2. The third-order valence-electron chi connectivity index (χ3n) is 14.9. The summed E-state index contributed by atoms with van der Waals surface area (Å²) in [6.07, 6.45) is -4.80. The SMILES string of the molecule is CC(C)(C)OC(=O)NCCCn1cc(-c2ccc(OC(F)(F)F)cc2)c2cc(C(=O)N3CCN(Cc4ccccc4Cl)CC3)ccc21.NCCCn1cc(-c2ccc(OC(F)(F)F)cc2)c2cc(C(=O)N3CCN(Cc4ccccc4Cl)CC3)ccc21. The van der Waals surface area contributed by atoms with E-state index < -0.39 is 24.4 Å². The molecular formula is C65H68Cl2F6N8O6. The van der Waals surface area contributed by atoms with Crippen LogP contribution in [0.4, 0.5) is 31.1 Å². The molecule has 3 amide bonds. The number of nitrogens with two attached hydrogens (primary N) is 1. The quantitative estimate of drug-likeness (QED) is 0.0674. The van der Waals surface area contributed by atoms with E-state index in [1.807, 2.05) is 106 Å². The average molecular weight is 1240 g/mol. The van der Waals surface area contributed by atoms with E-state index in [-0.39, 0.29) is 23.3 Å². The van der Waals surface area contributed by atoms with Crippen LogP contribution >= 0.6 is 23.2 Å². The molecule has 0 bridgehead atoms. The van der Waals surface area contributed by atoms with Gasteiger partial charge in [0.05, 0.1) is 0 Å². The van der Waals surface area contributed by atoms with Crippen molar-refractivity contribution < 1.29 is 54.9 Å². The van der Waals surface area contributed by atoms with E-state index in [1.165, 1.54) is 24.3 Å². The summed E-state index contributed by atoms with van der Waals surface area (Å²) in [5.41, 5.74) is 13.1. The first-order valence-corrected chi connectivity index (χ1v) is 29.4. The number of alkyl carbamates (subject to hydrolysis) is 1. The normalized spacial score (nSPS) is 14.4. The van der Waals surface area contributed by atoms with Gasteiger partial charge in [0.2, 0.25) is 0 Å². The number of alkyl halides is 6. The highest BCUT2D eigenvalue weighted by atomic mass is 35.5. The third kappa shape index (κ3) is 17.3. The second kappa shape index (κ2) is 28.0. The van der Waals surface area contributed by atoms with Gasteiger partial charge in [-0.2, -0.15) is 0 Å². The maximum Gasteiger partial charge on any atom is 0.573 e. The molecule has 6 aromatic carbocycles. The van der Waals surface area contributed by atoms with Gasteiger partial charge in [0.25, 0.3) is 11.8 Å². The molecule has 10 rings (SSSR count). The zero-order valence-electron chi connectivity index (χ0n) is 48.4. The van der Waals surface area contributed by atoms with Gasteiger partial charge >= 0.3 is 18.8 Å². The molecule has 0 spiro atoms. The summed E-state index contributed by atoms with van der Waals surface area (Å²) < 4.78 is 93.6. The van der Waals surface area contributed by atoms with Crippen molar-refractivity contribution >= 4 is 62.9 Å². The molecule has 3 N–H and O–H groups in total. The lowest BCUT2D eigenvalue weighted by molar-refractivity contribution is -0.275. The zero-order chi connectivity index (χ0) is 62.0. The number of rotatable bonds is 17. The number of ether oxygens (including phenoxy) is 3. The first-order chi connectivity index (χ1) is 41.5. The molecule has 2 aromatic heterocycles. The van der Waals surface area contributed by atoms with E-state index in [9.17, 15) is 40.7 Å². The van der Waals surface area contributed by atoms with E-state index >= 15 is 0 Å². The molecule has 22 heteroatoms. The molecule has 4 heterocycles. The number of carbonyl (C=O) groups excluding carboxylic acids is 3. The summed E-state index contributed by atoms with van der Waals surface area (Å²) >= 11 is 12.7. The van der Waals surface area contributed by atoms with Gasteiger partial charge in [0.15, 0.2) is 0 Å². The Morgan fingerprint density at radius 1 is 0.540 bits per heavy atom. The van der Waals surface area contributed by atoms with Crippen LogP contribution in [0.5, 0.6) is 11.5 Å². The Bertz CT molecular complexity index is 3660. The molecular weight excluding hydrogens is 1170 g/mol. The smallest absolute Gasteiger partial charge is 0.444 e. The van der Waals surface area contributed by atoms with Crippen molar-refractivity contribution in [2.45, 2.75) is 78.1 Å². The summed E-state index contributed by atoms with van der Waals surface area (Å²) in [6, 6.07) is 38.2. The molecule has 0 radical (unpaired) electrons. The zero-order valence-corrected chi connectivity index (χ0v) is 49.9. The van der Waals surface area contributed by atoms with Crippen LogP contribution in [0, 0.1) is 0 Å². The van der Waals surface area contributed by atoms with Crippen molar-refractivity contribution in [2.24, 2.45) is 5.73 Å². The molecule has 0 aliphatic carbocycles. The molecule has 8 aromatic rings. The second-order valence-electron chi connectivity index (χ2n) is 22.3. The second-order valence-corrected chi connectivity index (χ2v) is 23.1. The Hall–Kier alpha value is -7.75. The fourth-order valence-corrected chi connectivity index (χ4v) is 11.1. The predicted octanol–water partition coefficient (Wildman–Crippen LogP) is 13.9. The van der Waals surface area contributed by atoms with Gasteiger partial charge in [0.1, 0.15) is 17.1 Å². The number of amides is 3. The number of hydrogen-bond donors (Lipinski definition) is 2. The van der Waals surface area contributed by atoms with E-state index in [0.717, 1.165) is 85.7 Å². The number of hydrogen-bond acceptors (Lipinski definition) is 9. The Morgan fingerprint density at radius 3 is 1.32 bits per heavy atom. The lowest BCUT2D eigenvalue weighted by Crippen LogP contribution is -2.48. The van der Waals surface area contributed by atoms with Crippen LogP contribution in [-0.2, 0) is 30.9 Å². The lowest BCUT2D eigenvalue weighted by atomic mass is 10.0. The maximum absolute atomic E-state index is 13.7. The van der Waals surface area contributed by atoms with Crippen LogP contribution in [0.2, 0.25) is 10.0 Å². The minimum Gasteiger partial charge on any atom is -0.444 e. The summed E-state index contributed by atoms with van der Waals surface area (Å²) in [5, 5.41) is 5.87. The molecule has 0 saturated carbocycles. The summed E-state index contributed by atoms with van der Waals surface area (Å²) in [5.74, 6) is -0.734. The fraction of sp³-hybridized carbons (Fsp3) is 0.338. The van der Waals surface area contributed by atoms with E-state index in [1.54, 1.807) is 51.1 Å². The van der Waals surface area contributed by atoms with Gasteiger partial charge in [-0.15, -0.1) is 26.3 Å². The number of aryl methyl sites for hydroxylation is 2. The minimum absolute atomic E-state index is 0.0473. The fourth-order valence-electron chi connectivity index (χ4n) is 10.7. The number of aromatic nitrogens is 2. The monoisotopic (exact) mass is 1240 g/mol. The number of halogens is 8. The van der Waals surface area contributed by atoms with Crippen LogP contribution in [-0.4, -0.2) is 130 Å². The van der Waals surface area contributed by atoms with Crippen molar-refractivity contribution in [3.05, 3.63) is 178 Å². The minimum atomic E-state index is -4.79. The van der Waals surface area contributed by atoms with Gasteiger partial charge in [-0.25, -0.2) is 4.79 Å². The third-order valence-corrected chi connectivity index (χ3v) is 15.7. The Kier molecular flexibility index (Phi) is 20.5. The van der Waals surface area contributed by atoms with Gasteiger partial charge in [0, 0.05) is 152 Å². The largest absolute Gasteiger partial charge is 0.573 e. The number of nitrogens with one attached hydrogen (secondary N) is 1.